The fourth-order valence-corrected chi connectivity index (χ4v) is 2.35. The highest BCUT2D eigenvalue weighted by Gasteiger charge is 2.14. The lowest BCUT2D eigenvalue weighted by Gasteiger charge is -2.10. The molecule has 0 aliphatic heterocycles. The molecule has 2 rings (SSSR count). The molecule has 1 aromatic carbocycles. The normalized spacial score (nSPS) is 10.6. The number of aromatic nitrogens is 1. The number of phenolic OH excluding ortho intramolecular Hbond substituents is 1. The van der Waals surface area contributed by atoms with E-state index in [0.29, 0.717) is 21.8 Å². The van der Waals surface area contributed by atoms with Crippen LogP contribution in [0.5, 0.6) is 11.6 Å². The first-order valence-corrected chi connectivity index (χ1v) is 8.15. The van der Waals surface area contributed by atoms with E-state index in [1.165, 1.54) is 31.5 Å². The number of nitriles is 1. The number of rotatable bonds is 7. The molecule has 2 aromatic rings. The predicted molar refractivity (Wildman–Crippen MR) is 98.8 cm³/mol. The summed E-state index contributed by atoms with van der Waals surface area (Å²) in [6.45, 7) is 1.58. The number of ether oxygens (including phenoxy) is 2. The molecule has 9 heteroatoms. The molecule has 0 spiro atoms. The predicted octanol–water partition coefficient (Wildman–Crippen LogP) is 2.30. The van der Waals surface area contributed by atoms with Crippen molar-refractivity contribution in [2.45, 2.75) is 13.5 Å². The second kappa shape index (κ2) is 9.52. The van der Waals surface area contributed by atoms with Crippen LogP contribution in [0.1, 0.15) is 22.4 Å². The van der Waals surface area contributed by atoms with Crippen molar-refractivity contribution in [2.24, 2.45) is 5.10 Å². The number of amides is 1. The third-order valence-electron chi connectivity index (χ3n) is 3.33. The summed E-state index contributed by atoms with van der Waals surface area (Å²) in [4.78, 5) is 16.0. The zero-order chi connectivity index (χ0) is 19.8. The molecule has 0 fully saturated rings. The van der Waals surface area contributed by atoms with Crippen LogP contribution in [0.25, 0.3) is 0 Å². The van der Waals surface area contributed by atoms with Crippen molar-refractivity contribution >= 4 is 23.7 Å². The van der Waals surface area contributed by atoms with Gasteiger partial charge in [-0.15, -0.1) is 0 Å². The van der Waals surface area contributed by atoms with E-state index in [9.17, 15) is 15.2 Å². The first kappa shape index (κ1) is 20.2. The molecule has 0 bridgehead atoms. The average molecular weight is 389 g/mol. The van der Waals surface area contributed by atoms with E-state index < -0.39 is 12.5 Å². The Balaban J connectivity index is 2.00. The van der Waals surface area contributed by atoms with Gasteiger partial charge in [-0.05, 0) is 31.2 Å². The molecule has 2 N–H and O–H groups in total. The Bertz CT molecular complexity index is 909. The Morgan fingerprint density at radius 2 is 2.26 bits per heavy atom. The van der Waals surface area contributed by atoms with Crippen LogP contribution in [0.4, 0.5) is 0 Å². The van der Waals surface area contributed by atoms with Crippen LogP contribution in [-0.4, -0.2) is 35.9 Å². The summed E-state index contributed by atoms with van der Waals surface area (Å²) in [6.07, 6.45) is 1.25. The van der Waals surface area contributed by atoms with Crippen LogP contribution in [0.15, 0.2) is 29.4 Å². The molecule has 0 atom stereocenters. The third kappa shape index (κ3) is 5.67. The number of benzene rings is 1. The maximum atomic E-state index is 11.9. The van der Waals surface area contributed by atoms with E-state index >= 15 is 0 Å². The zero-order valence-electron chi connectivity index (χ0n) is 14.7. The molecule has 0 aliphatic carbocycles. The number of hydrazone groups is 1. The van der Waals surface area contributed by atoms with Gasteiger partial charge in [-0.3, -0.25) is 4.79 Å². The van der Waals surface area contributed by atoms with E-state index in [0.717, 1.165) is 0 Å². The Morgan fingerprint density at radius 1 is 1.48 bits per heavy atom. The Hall–Kier alpha value is -3.15. The minimum absolute atomic E-state index is 0.0260. The largest absolute Gasteiger partial charge is 0.507 e. The molecule has 1 aromatic heterocycles. The maximum Gasteiger partial charge on any atom is 0.278 e. The quantitative estimate of drug-likeness (QED) is 0.555. The molecule has 0 aliphatic rings. The Kier molecular flexibility index (Phi) is 7.11. The van der Waals surface area contributed by atoms with Gasteiger partial charge in [0.05, 0.1) is 12.8 Å². The molecule has 27 heavy (non-hydrogen) atoms. The fourth-order valence-electron chi connectivity index (χ4n) is 2.17. The van der Waals surface area contributed by atoms with Crippen molar-refractivity contribution in [3.63, 3.8) is 0 Å². The van der Waals surface area contributed by atoms with Gasteiger partial charge in [-0.1, -0.05) is 11.6 Å². The number of hydrogen-bond acceptors (Lipinski definition) is 7. The number of methoxy groups -OCH3 is 1. The molecular weight excluding hydrogens is 372 g/mol. The van der Waals surface area contributed by atoms with E-state index in [4.69, 9.17) is 21.1 Å². The number of nitrogens with one attached hydrogen (secondary N) is 1. The van der Waals surface area contributed by atoms with Crippen LogP contribution in [-0.2, 0) is 16.1 Å². The van der Waals surface area contributed by atoms with Crippen LogP contribution in [0, 0.1) is 18.3 Å². The van der Waals surface area contributed by atoms with Gasteiger partial charge in [0.1, 0.15) is 17.4 Å². The summed E-state index contributed by atoms with van der Waals surface area (Å²) in [7, 11) is 1.51. The number of carbonyl (C=O) groups excluding carboxylic acids is 1. The van der Waals surface area contributed by atoms with Gasteiger partial charge in [-0.25, -0.2) is 10.4 Å². The Labute approximate surface area is 161 Å². The second-order valence-electron chi connectivity index (χ2n) is 5.43. The van der Waals surface area contributed by atoms with Gasteiger partial charge in [0.2, 0.25) is 5.88 Å². The van der Waals surface area contributed by atoms with E-state index in [-0.39, 0.29) is 23.8 Å². The zero-order valence-corrected chi connectivity index (χ0v) is 15.4. The molecule has 1 heterocycles. The topological polar surface area (TPSA) is 117 Å². The minimum Gasteiger partial charge on any atom is -0.507 e. The summed E-state index contributed by atoms with van der Waals surface area (Å²) < 4.78 is 10.4. The molecule has 1 amide bonds. The highest BCUT2D eigenvalue weighted by Crippen LogP contribution is 2.21. The molecular formula is C18H17ClN4O4. The SMILES string of the molecule is COCc1cc(C)nc(OCC(=O)N/N=C/c2cc(Cl)ccc2O)c1C#N. The smallest absolute Gasteiger partial charge is 0.278 e. The summed E-state index contributed by atoms with van der Waals surface area (Å²) in [5.74, 6) is -0.536. The fraction of sp³-hybridized carbons (Fsp3) is 0.222. The van der Waals surface area contributed by atoms with Gasteiger partial charge < -0.3 is 14.6 Å². The van der Waals surface area contributed by atoms with Crippen molar-refractivity contribution in [1.82, 2.24) is 10.4 Å². The summed E-state index contributed by atoms with van der Waals surface area (Å²) in [5, 5.41) is 23.1. The van der Waals surface area contributed by atoms with Gasteiger partial charge in [-0.2, -0.15) is 10.4 Å². The number of phenols is 1. The summed E-state index contributed by atoms with van der Waals surface area (Å²) in [6, 6.07) is 8.17. The van der Waals surface area contributed by atoms with Gasteiger partial charge in [0.25, 0.3) is 5.91 Å². The lowest BCUT2D eigenvalue weighted by atomic mass is 10.1. The highest BCUT2D eigenvalue weighted by molar-refractivity contribution is 6.30. The van der Waals surface area contributed by atoms with Gasteiger partial charge >= 0.3 is 0 Å². The number of carbonyl (C=O) groups is 1. The maximum absolute atomic E-state index is 11.9. The molecule has 140 valence electrons. The summed E-state index contributed by atoms with van der Waals surface area (Å²) in [5.41, 5.74) is 4.07. The van der Waals surface area contributed by atoms with Gasteiger partial charge in [0, 0.05) is 29.0 Å². The number of halogens is 1. The third-order valence-corrected chi connectivity index (χ3v) is 3.57. The van der Waals surface area contributed by atoms with Crippen LogP contribution < -0.4 is 10.2 Å². The lowest BCUT2D eigenvalue weighted by Crippen LogP contribution is -2.25. The molecule has 0 radical (unpaired) electrons. The molecule has 0 saturated heterocycles. The van der Waals surface area contributed by atoms with Crippen molar-refractivity contribution in [3.05, 3.63) is 51.7 Å². The van der Waals surface area contributed by atoms with Crippen LogP contribution in [0.3, 0.4) is 0 Å². The van der Waals surface area contributed by atoms with Gasteiger partial charge in [0.15, 0.2) is 6.61 Å². The van der Waals surface area contributed by atoms with E-state index in [1.54, 1.807) is 13.0 Å². The monoisotopic (exact) mass is 388 g/mol. The van der Waals surface area contributed by atoms with E-state index in [1.807, 2.05) is 6.07 Å². The van der Waals surface area contributed by atoms with Crippen molar-refractivity contribution in [2.75, 3.05) is 13.7 Å². The number of aryl methyl sites for hydroxylation is 1. The van der Waals surface area contributed by atoms with Crippen molar-refractivity contribution < 1.29 is 19.4 Å². The second-order valence-corrected chi connectivity index (χ2v) is 5.87. The molecule has 8 nitrogen and oxygen atoms in total. The number of hydrogen-bond donors (Lipinski definition) is 2. The Morgan fingerprint density at radius 3 is 2.96 bits per heavy atom. The average Bonchev–Trinajstić information content (AvgIpc) is 2.63. The standard InChI is InChI=1S/C18H17ClN4O4/c1-11-5-13(9-26-2)15(7-20)18(22-11)27-10-17(25)23-21-8-12-6-14(19)3-4-16(12)24/h3-6,8,24H,9-10H2,1-2H3,(H,23,25)/b21-8+. The number of pyridine rings is 1. The lowest BCUT2D eigenvalue weighted by molar-refractivity contribution is -0.123. The first-order valence-electron chi connectivity index (χ1n) is 7.77. The first-order chi connectivity index (χ1) is 12.9. The van der Waals surface area contributed by atoms with Crippen LogP contribution in [0.2, 0.25) is 5.02 Å². The molecule has 0 unspecified atom stereocenters. The summed E-state index contributed by atoms with van der Waals surface area (Å²) >= 11 is 5.83. The minimum atomic E-state index is -0.562. The number of nitrogens with zero attached hydrogens (tertiary/aromatic N) is 3. The highest BCUT2D eigenvalue weighted by atomic mass is 35.5. The number of aromatic hydroxyl groups is 1. The van der Waals surface area contributed by atoms with Crippen molar-refractivity contribution in [3.8, 4) is 17.7 Å². The van der Waals surface area contributed by atoms with Crippen LogP contribution >= 0.6 is 11.6 Å². The van der Waals surface area contributed by atoms with E-state index in [2.05, 4.69) is 15.5 Å². The van der Waals surface area contributed by atoms with Crippen molar-refractivity contribution in [1.29, 1.82) is 5.26 Å². The molecule has 0 saturated carbocycles.